The number of hydrogen-bond acceptors (Lipinski definition) is 1. The van der Waals surface area contributed by atoms with E-state index in [0.29, 0.717) is 0 Å². The quantitative estimate of drug-likeness (QED) is 0.760. The van der Waals surface area contributed by atoms with E-state index < -0.39 is 5.97 Å². The first-order valence-corrected chi connectivity index (χ1v) is 3.97. The van der Waals surface area contributed by atoms with E-state index in [-0.39, 0.29) is 63.7 Å². The zero-order valence-electron chi connectivity index (χ0n) is 7.03. The van der Waals surface area contributed by atoms with Crippen LogP contribution in [0.25, 0.3) is 0 Å². The molecule has 3 heteroatoms. The minimum atomic E-state index is -0.744. The SMILES string of the molecule is CC(CC(=O)O)c1ccccc1.[KH]. The van der Waals surface area contributed by atoms with Crippen molar-refractivity contribution < 1.29 is 9.90 Å². The van der Waals surface area contributed by atoms with Crippen molar-refractivity contribution in [1.29, 1.82) is 0 Å². The topological polar surface area (TPSA) is 37.3 Å². The standard InChI is InChI=1S/C10H12O2.K.H/c1-8(7-10(11)12)9-5-3-2-4-6-9;;/h2-6,8H,7H2,1H3,(H,11,12);;. The van der Waals surface area contributed by atoms with E-state index in [9.17, 15) is 4.79 Å². The van der Waals surface area contributed by atoms with Gasteiger partial charge in [0.25, 0.3) is 0 Å². The second kappa shape index (κ2) is 6.73. The molecule has 13 heavy (non-hydrogen) atoms. The fourth-order valence-electron chi connectivity index (χ4n) is 1.16. The molecule has 0 aliphatic heterocycles. The van der Waals surface area contributed by atoms with Gasteiger partial charge in [-0.15, -0.1) is 0 Å². The van der Waals surface area contributed by atoms with Crippen LogP contribution in [0.15, 0.2) is 30.3 Å². The van der Waals surface area contributed by atoms with Gasteiger partial charge in [0.15, 0.2) is 0 Å². The van der Waals surface area contributed by atoms with Gasteiger partial charge in [0.2, 0.25) is 0 Å². The van der Waals surface area contributed by atoms with Crippen LogP contribution in [0.1, 0.15) is 24.8 Å². The molecule has 0 spiro atoms. The Labute approximate surface area is 121 Å². The van der Waals surface area contributed by atoms with Crippen molar-refractivity contribution in [3.05, 3.63) is 35.9 Å². The minimum absolute atomic E-state index is 0. The van der Waals surface area contributed by atoms with E-state index >= 15 is 0 Å². The molecule has 0 aliphatic rings. The van der Waals surface area contributed by atoms with E-state index in [4.69, 9.17) is 5.11 Å². The molecule has 0 saturated carbocycles. The molecule has 0 bridgehead atoms. The number of aliphatic carboxylic acids is 1. The Kier molecular flexibility index (Phi) is 6.90. The fourth-order valence-corrected chi connectivity index (χ4v) is 1.16. The molecule has 1 N–H and O–H groups in total. The van der Waals surface area contributed by atoms with E-state index in [0.717, 1.165) is 5.56 Å². The van der Waals surface area contributed by atoms with Crippen LogP contribution in [0.3, 0.4) is 0 Å². The molecule has 0 amide bonds. The van der Waals surface area contributed by atoms with Gasteiger partial charge in [-0.1, -0.05) is 37.3 Å². The predicted octanol–water partition coefficient (Wildman–Crippen LogP) is 1.62. The molecule has 1 aromatic rings. The summed E-state index contributed by atoms with van der Waals surface area (Å²) in [6.07, 6.45) is 0.198. The van der Waals surface area contributed by atoms with E-state index in [2.05, 4.69) is 0 Å². The number of hydrogen-bond donors (Lipinski definition) is 1. The first kappa shape index (κ1) is 13.3. The van der Waals surface area contributed by atoms with Gasteiger partial charge in [-0.05, 0) is 11.5 Å². The Hall–Kier alpha value is 0.326. The molecule has 0 fully saturated rings. The molecular weight excluding hydrogens is 191 g/mol. The number of carbonyl (C=O) groups is 1. The molecule has 66 valence electrons. The van der Waals surface area contributed by atoms with Gasteiger partial charge >= 0.3 is 57.4 Å². The molecule has 1 unspecified atom stereocenters. The molecular formula is C10H13KO2. The summed E-state index contributed by atoms with van der Waals surface area (Å²) in [4.78, 5) is 10.4. The van der Waals surface area contributed by atoms with Crippen LogP contribution in [-0.2, 0) is 4.79 Å². The van der Waals surface area contributed by atoms with Crippen molar-refractivity contribution in [1.82, 2.24) is 0 Å². The molecule has 0 heterocycles. The average molecular weight is 204 g/mol. The number of benzene rings is 1. The second-order valence-electron chi connectivity index (χ2n) is 2.91. The molecule has 0 saturated heterocycles. The van der Waals surface area contributed by atoms with Gasteiger partial charge in [-0.3, -0.25) is 4.79 Å². The summed E-state index contributed by atoms with van der Waals surface area (Å²) in [5.74, 6) is -0.643. The van der Waals surface area contributed by atoms with Crippen LogP contribution in [0.5, 0.6) is 0 Å². The molecule has 2 nitrogen and oxygen atoms in total. The van der Waals surface area contributed by atoms with Crippen LogP contribution < -0.4 is 0 Å². The maximum atomic E-state index is 10.4. The van der Waals surface area contributed by atoms with Crippen LogP contribution in [0, 0.1) is 0 Å². The molecule has 0 radical (unpaired) electrons. The fraction of sp³-hybridized carbons (Fsp3) is 0.300. The summed E-state index contributed by atoms with van der Waals surface area (Å²) < 4.78 is 0. The molecule has 0 aliphatic carbocycles. The van der Waals surface area contributed by atoms with E-state index in [1.165, 1.54) is 0 Å². The Morgan fingerprint density at radius 1 is 1.38 bits per heavy atom. The van der Waals surface area contributed by atoms with Crippen LogP contribution in [-0.4, -0.2) is 62.5 Å². The molecule has 1 rings (SSSR count). The summed E-state index contributed by atoms with van der Waals surface area (Å²) in [6, 6.07) is 9.68. The molecule has 0 aromatic heterocycles. The monoisotopic (exact) mass is 204 g/mol. The van der Waals surface area contributed by atoms with Gasteiger partial charge in [-0.25, -0.2) is 0 Å². The first-order chi connectivity index (χ1) is 5.70. The van der Waals surface area contributed by atoms with Crippen molar-refractivity contribution in [3.8, 4) is 0 Å². The van der Waals surface area contributed by atoms with Gasteiger partial charge in [0.1, 0.15) is 0 Å². The number of carboxylic acid groups (broad SMARTS) is 1. The van der Waals surface area contributed by atoms with Crippen molar-refractivity contribution in [3.63, 3.8) is 0 Å². The Morgan fingerprint density at radius 2 is 1.92 bits per heavy atom. The van der Waals surface area contributed by atoms with Gasteiger partial charge in [0, 0.05) is 0 Å². The summed E-state index contributed by atoms with van der Waals surface area (Å²) >= 11 is 0. The normalized spacial score (nSPS) is 11.5. The third kappa shape index (κ3) is 4.93. The Morgan fingerprint density at radius 3 is 2.38 bits per heavy atom. The maximum absolute atomic E-state index is 10.4. The first-order valence-electron chi connectivity index (χ1n) is 3.97. The summed E-state index contributed by atoms with van der Waals surface area (Å²) in [6.45, 7) is 1.92. The van der Waals surface area contributed by atoms with Crippen LogP contribution in [0.2, 0.25) is 0 Å². The van der Waals surface area contributed by atoms with Crippen LogP contribution >= 0.6 is 0 Å². The summed E-state index contributed by atoms with van der Waals surface area (Å²) in [5, 5.41) is 8.55. The Balaban J connectivity index is 0.00000144. The summed E-state index contributed by atoms with van der Waals surface area (Å²) in [7, 11) is 0. The van der Waals surface area contributed by atoms with E-state index in [1.807, 2.05) is 37.3 Å². The average Bonchev–Trinajstić information content (AvgIpc) is 2.05. The molecule has 1 atom stereocenters. The number of carboxylic acids is 1. The number of rotatable bonds is 3. The predicted molar refractivity (Wildman–Crippen MR) is 54.3 cm³/mol. The van der Waals surface area contributed by atoms with Crippen molar-refractivity contribution in [2.45, 2.75) is 19.3 Å². The van der Waals surface area contributed by atoms with Gasteiger partial charge < -0.3 is 5.11 Å². The van der Waals surface area contributed by atoms with Crippen molar-refractivity contribution in [2.24, 2.45) is 0 Å². The van der Waals surface area contributed by atoms with Gasteiger partial charge in [-0.2, -0.15) is 0 Å². The van der Waals surface area contributed by atoms with Crippen molar-refractivity contribution in [2.75, 3.05) is 0 Å². The molecule has 1 aromatic carbocycles. The van der Waals surface area contributed by atoms with Crippen LogP contribution in [0.4, 0.5) is 0 Å². The summed E-state index contributed by atoms with van der Waals surface area (Å²) in [5.41, 5.74) is 1.08. The Bertz CT molecular complexity index is 259. The second-order valence-corrected chi connectivity index (χ2v) is 2.91. The third-order valence-corrected chi connectivity index (χ3v) is 1.85. The zero-order valence-corrected chi connectivity index (χ0v) is 7.03. The van der Waals surface area contributed by atoms with Gasteiger partial charge in [0.05, 0.1) is 6.42 Å². The zero-order chi connectivity index (χ0) is 8.97. The van der Waals surface area contributed by atoms with Crippen molar-refractivity contribution >= 4 is 57.4 Å². The van der Waals surface area contributed by atoms with E-state index in [1.54, 1.807) is 0 Å². The third-order valence-electron chi connectivity index (χ3n) is 1.85.